The van der Waals surface area contributed by atoms with Crippen LogP contribution in [0.5, 0.6) is 0 Å². The molecule has 1 aliphatic heterocycles. The fourth-order valence-corrected chi connectivity index (χ4v) is 1.51. The molecule has 1 amide bonds. The molecule has 1 unspecified atom stereocenters. The van der Waals surface area contributed by atoms with E-state index in [4.69, 9.17) is 0 Å². The molecule has 0 aliphatic carbocycles. The Hall–Kier alpha value is -1.51. The molecule has 0 saturated carbocycles. The molecule has 1 aromatic rings. The van der Waals surface area contributed by atoms with Gasteiger partial charge in [-0.1, -0.05) is 67.5 Å². The second-order valence-corrected chi connectivity index (χ2v) is 3.34. The van der Waals surface area contributed by atoms with Crippen LogP contribution in [0.1, 0.15) is 68.7 Å². The van der Waals surface area contributed by atoms with E-state index in [0.717, 1.165) is 11.4 Å². The van der Waals surface area contributed by atoms with Crippen LogP contribution in [-0.2, 0) is 4.79 Å². The molecular formula is C18H36N2O. The summed E-state index contributed by atoms with van der Waals surface area (Å²) in [5.74, 6) is 0.0740. The molecule has 3 nitrogen and oxygen atoms in total. The Balaban J connectivity index is -0.000000353. The molecule has 3 heteroatoms. The van der Waals surface area contributed by atoms with Crippen molar-refractivity contribution in [1.82, 2.24) is 0 Å². The Labute approximate surface area is 132 Å². The van der Waals surface area contributed by atoms with E-state index in [1.165, 1.54) is 0 Å². The van der Waals surface area contributed by atoms with Crippen molar-refractivity contribution in [3.8, 4) is 0 Å². The maximum atomic E-state index is 11.3. The van der Waals surface area contributed by atoms with Crippen molar-refractivity contribution in [2.75, 3.05) is 10.6 Å². The molecule has 2 N–H and O–H groups in total. The number of nitrogens with one attached hydrogen (secondary N) is 2. The van der Waals surface area contributed by atoms with Crippen molar-refractivity contribution < 1.29 is 4.79 Å². The molecule has 0 spiro atoms. The quantitative estimate of drug-likeness (QED) is 0.622. The van der Waals surface area contributed by atoms with Gasteiger partial charge in [-0.2, -0.15) is 0 Å². The van der Waals surface area contributed by atoms with Gasteiger partial charge in [-0.05, 0) is 19.1 Å². The molecule has 1 aliphatic rings. The van der Waals surface area contributed by atoms with Gasteiger partial charge in [0, 0.05) is 12.5 Å². The maximum absolute atomic E-state index is 11.3. The highest BCUT2D eigenvalue weighted by Gasteiger charge is 2.15. The van der Waals surface area contributed by atoms with E-state index >= 15 is 0 Å². The Bertz CT molecular complexity index is 338. The number of rotatable bonds is 0. The van der Waals surface area contributed by atoms with Gasteiger partial charge in [-0.25, -0.2) is 0 Å². The van der Waals surface area contributed by atoms with Gasteiger partial charge in [0.25, 0.3) is 0 Å². The number of carbonyl (C=O) groups excluding carboxylic acids is 1. The van der Waals surface area contributed by atoms with Crippen LogP contribution in [0.2, 0.25) is 0 Å². The monoisotopic (exact) mass is 296 g/mol. The molecule has 1 aromatic carbocycles. The number of amides is 1. The number of hydrogen-bond acceptors (Lipinski definition) is 2. The molecule has 21 heavy (non-hydrogen) atoms. The zero-order valence-corrected chi connectivity index (χ0v) is 15.5. The standard InChI is InChI=1S/C10H12N2O.4C2H6/c1-7-6-10(13)12-9-5-3-2-4-8(9)11-7;4*1-2/h2-5,7,11H,6H2,1H3,(H,12,13);4*1-2H3. The van der Waals surface area contributed by atoms with Crippen molar-refractivity contribution in [2.45, 2.75) is 74.8 Å². The summed E-state index contributed by atoms with van der Waals surface area (Å²) in [5.41, 5.74) is 1.87. The second-order valence-electron chi connectivity index (χ2n) is 3.34. The first-order chi connectivity index (χ1) is 10.3. The third-order valence-corrected chi connectivity index (χ3v) is 2.09. The predicted molar refractivity (Wildman–Crippen MR) is 98.2 cm³/mol. The third-order valence-electron chi connectivity index (χ3n) is 2.09. The maximum Gasteiger partial charge on any atom is 0.226 e. The van der Waals surface area contributed by atoms with Crippen LogP contribution in [0.4, 0.5) is 11.4 Å². The fraction of sp³-hybridized carbons (Fsp3) is 0.611. The van der Waals surface area contributed by atoms with Gasteiger partial charge in [0.2, 0.25) is 5.91 Å². The Kier molecular flexibility index (Phi) is 21.6. The Morgan fingerprint density at radius 2 is 1.29 bits per heavy atom. The molecule has 2 rings (SSSR count). The molecule has 0 radical (unpaired) electrons. The van der Waals surface area contributed by atoms with E-state index in [-0.39, 0.29) is 11.9 Å². The van der Waals surface area contributed by atoms with Crippen molar-refractivity contribution in [2.24, 2.45) is 0 Å². The van der Waals surface area contributed by atoms with Crippen molar-refractivity contribution in [1.29, 1.82) is 0 Å². The molecule has 1 heterocycles. The van der Waals surface area contributed by atoms with Crippen LogP contribution < -0.4 is 10.6 Å². The van der Waals surface area contributed by atoms with Gasteiger partial charge in [-0.3, -0.25) is 4.79 Å². The Morgan fingerprint density at radius 3 is 1.76 bits per heavy atom. The highest BCUT2D eigenvalue weighted by atomic mass is 16.1. The lowest BCUT2D eigenvalue weighted by atomic mass is 10.2. The number of anilines is 2. The summed E-state index contributed by atoms with van der Waals surface area (Å²) in [6.07, 6.45) is 0.522. The van der Waals surface area contributed by atoms with Crippen molar-refractivity contribution >= 4 is 17.3 Å². The summed E-state index contributed by atoms with van der Waals surface area (Å²) >= 11 is 0. The third kappa shape index (κ3) is 10.9. The van der Waals surface area contributed by atoms with Crippen LogP contribution >= 0.6 is 0 Å². The minimum absolute atomic E-state index is 0.0740. The van der Waals surface area contributed by atoms with E-state index in [1.807, 2.05) is 86.6 Å². The Morgan fingerprint density at radius 1 is 0.857 bits per heavy atom. The average molecular weight is 296 g/mol. The highest BCUT2D eigenvalue weighted by Crippen LogP contribution is 2.24. The van der Waals surface area contributed by atoms with Gasteiger partial charge in [0.05, 0.1) is 11.4 Å². The minimum atomic E-state index is 0.0740. The van der Waals surface area contributed by atoms with E-state index in [9.17, 15) is 4.79 Å². The lowest BCUT2D eigenvalue weighted by molar-refractivity contribution is -0.116. The summed E-state index contributed by atoms with van der Waals surface area (Å²) in [5, 5.41) is 6.12. The average Bonchev–Trinajstić information content (AvgIpc) is 2.71. The van der Waals surface area contributed by atoms with E-state index in [1.54, 1.807) is 0 Å². The molecule has 0 aromatic heterocycles. The lowest BCUT2D eigenvalue weighted by Gasteiger charge is -2.10. The van der Waals surface area contributed by atoms with E-state index in [0.29, 0.717) is 6.42 Å². The largest absolute Gasteiger partial charge is 0.380 e. The number of para-hydroxylation sites is 2. The van der Waals surface area contributed by atoms with E-state index < -0.39 is 0 Å². The number of fused-ring (bicyclic) bond motifs is 1. The first-order valence-corrected chi connectivity index (χ1v) is 8.41. The summed E-state index contributed by atoms with van der Waals surface area (Å²) < 4.78 is 0. The normalized spacial score (nSPS) is 14.1. The van der Waals surface area contributed by atoms with E-state index in [2.05, 4.69) is 10.6 Å². The fourth-order valence-electron chi connectivity index (χ4n) is 1.51. The van der Waals surface area contributed by atoms with Crippen LogP contribution in [0.25, 0.3) is 0 Å². The minimum Gasteiger partial charge on any atom is -0.380 e. The number of hydrogen-bond donors (Lipinski definition) is 2. The highest BCUT2D eigenvalue weighted by molar-refractivity contribution is 5.96. The van der Waals surface area contributed by atoms with Gasteiger partial charge in [0.1, 0.15) is 0 Å². The second kappa shape index (κ2) is 18.5. The summed E-state index contributed by atoms with van der Waals surface area (Å²) in [6.45, 7) is 18.0. The van der Waals surface area contributed by atoms with Gasteiger partial charge in [-0.15, -0.1) is 0 Å². The van der Waals surface area contributed by atoms with Crippen LogP contribution in [0, 0.1) is 0 Å². The summed E-state index contributed by atoms with van der Waals surface area (Å²) in [6, 6.07) is 7.94. The number of carbonyl (C=O) groups is 1. The molecule has 0 saturated heterocycles. The molecule has 0 bridgehead atoms. The summed E-state index contributed by atoms with van der Waals surface area (Å²) in [4.78, 5) is 11.3. The van der Waals surface area contributed by atoms with Gasteiger partial charge in [0.15, 0.2) is 0 Å². The zero-order valence-electron chi connectivity index (χ0n) is 15.5. The smallest absolute Gasteiger partial charge is 0.226 e. The van der Waals surface area contributed by atoms with Crippen molar-refractivity contribution in [3.05, 3.63) is 24.3 Å². The van der Waals surface area contributed by atoms with Crippen LogP contribution in [0.15, 0.2) is 24.3 Å². The molecular weight excluding hydrogens is 260 g/mol. The predicted octanol–water partition coefficient (Wildman–Crippen LogP) is 5.93. The lowest BCUT2D eigenvalue weighted by Crippen LogP contribution is -2.18. The summed E-state index contributed by atoms with van der Waals surface area (Å²) in [7, 11) is 0. The van der Waals surface area contributed by atoms with Crippen LogP contribution in [-0.4, -0.2) is 11.9 Å². The first-order valence-electron chi connectivity index (χ1n) is 8.41. The molecule has 124 valence electrons. The topological polar surface area (TPSA) is 41.1 Å². The molecule has 1 atom stereocenters. The van der Waals surface area contributed by atoms with Crippen molar-refractivity contribution in [3.63, 3.8) is 0 Å². The first kappa shape index (κ1) is 24.5. The number of benzene rings is 1. The molecule has 0 fully saturated rings. The SMILES string of the molecule is CC.CC.CC.CC.CC1CC(=O)Nc2ccccc2N1. The van der Waals surface area contributed by atoms with Gasteiger partial charge < -0.3 is 10.6 Å². The van der Waals surface area contributed by atoms with Crippen LogP contribution in [0.3, 0.4) is 0 Å². The van der Waals surface area contributed by atoms with Gasteiger partial charge >= 0.3 is 0 Å². The zero-order chi connectivity index (χ0) is 17.3.